The molecule has 0 aromatic carbocycles. The highest BCUT2D eigenvalue weighted by molar-refractivity contribution is 4.69. The zero-order valence-corrected chi connectivity index (χ0v) is 12.5. The molecule has 98 valence electrons. The van der Waals surface area contributed by atoms with Gasteiger partial charge in [0.1, 0.15) is 0 Å². The topological polar surface area (TPSA) is 9.72 Å². The average Bonchev–Trinajstić information content (AvgIpc) is 2.15. The zero-order chi connectivity index (χ0) is 12.9. The Morgan fingerprint density at radius 2 is 1.38 bits per heavy atom. The molecule has 3 nitrogen and oxygen atoms in total. The van der Waals surface area contributed by atoms with E-state index in [1.165, 1.54) is 0 Å². The fourth-order valence-corrected chi connectivity index (χ4v) is 1.69. The minimum atomic E-state index is 0.604. The molecule has 0 aliphatic heterocycles. The van der Waals surface area contributed by atoms with Crippen molar-refractivity contribution in [3.05, 3.63) is 0 Å². The van der Waals surface area contributed by atoms with Gasteiger partial charge in [0.25, 0.3) is 0 Å². The third-order valence-electron chi connectivity index (χ3n) is 3.58. The van der Waals surface area contributed by atoms with Crippen molar-refractivity contribution in [1.82, 2.24) is 14.7 Å². The second kappa shape index (κ2) is 7.25. The molecule has 0 aliphatic carbocycles. The summed E-state index contributed by atoms with van der Waals surface area (Å²) in [6.07, 6.45) is 0. The van der Waals surface area contributed by atoms with Crippen molar-refractivity contribution in [3.8, 4) is 0 Å². The highest BCUT2D eigenvalue weighted by Crippen LogP contribution is 2.08. The molecule has 0 amide bonds. The molecule has 0 aromatic rings. The molecular weight excluding hydrogens is 198 g/mol. The number of nitrogens with zero attached hydrogens (tertiary/aromatic N) is 3. The Morgan fingerprint density at radius 1 is 0.875 bits per heavy atom. The lowest BCUT2D eigenvalue weighted by Gasteiger charge is -2.33. The molecule has 0 N–H and O–H groups in total. The van der Waals surface area contributed by atoms with Crippen LogP contribution < -0.4 is 0 Å². The minimum Gasteiger partial charge on any atom is -0.305 e. The summed E-state index contributed by atoms with van der Waals surface area (Å²) >= 11 is 0. The minimum absolute atomic E-state index is 0.604. The van der Waals surface area contributed by atoms with E-state index in [1.54, 1.807) is 0 Å². The lowest BCUT2D eigenvalue weighted by atomic mass is 10.1. The van der Waals surface area contributed by atoms with Crippen molar-refractivity contribution in [2.45, 2.75) is 39.8 Å². The first kappa shape index (κ1) is 15.9. The van der Waals surface area contributed by atoms with Gasteiger partial charge in [-0.2, -0.15) is 0 Å². The molecule has 0 fully saturated rings. The van der Waals surface area contributed by atoms with E-state index in [2.05, 4.69) is 70.6 Å². The summed E-state index contributed by atoms with van der Waals surface area (Å²) in [5, 5.41) is 0. The van der Waals surface area contributed by atoms with Crippen molar-refractivity contribution in [2.24, 2.45) is 5.92 Å². The van der Waals surface area contributed by atoms with Gasteiger partial charge in [0.2, 0.25) is 0 Å². The van der Waals surface area contributed by atoms with Crippen molar-refractivity contribution < 1.29 is 0 Å². The van der Waals surface area contributed by atoms with Crippen LogP contribution in [-0.4, -0.2) is 68.2 Å². The van der Waals surface area contributed by atoms with Gasteiger partial charge in [-0.25, -0.2) is 0 Å². The number of hydrogen-bond acceptors (Lipinski definition) is 3. The van der Waals surface area contributed by atoms with E-state index in [4.69, 9.17) is 0 Å². The molecule has 0 bridgehead atoms. The molecule has 0 aliphatic rings. The van der Waals surface area contributed by atoms with E-state index < -0.39 is 0 Å². The van der Waals surface area contributed by atoms with Crippen LogP contribution in [-0.2, 0) is 0 Å². The van der Waals surface area contributed by atoms with Crippen LogP contribution in [0, 0.1) is 5.92 Å². The van der Waals surface area contributed by atoms with Gasteiger partial charge >= 0.3 is 0 Å². The largest absolute Gasteiger partial charge is 0.305 e. The van der Waals surface area contributed by atoms with Crippen LogP contribution in [0.5, 0.6) is 0 Å². The van der Waals surface area contributed by atoms with E-state index in [1.807, 2.05) is 0 Å². The van der Waals surface area contributed by atoms with Crippen molar-refractivity contribution in [2.75, 3.05) is 41.4 Å². The van der Waals surface area contributed by atoms with Gasteiger partial charge in [0, 0.05) is 18.6 Å². The summed E-state index contributed by atoms with van der Waals surface area (Å²) < 4.78 is 0. The lowest BCUT2D eigenvalue weighted by molar-refractivity contribution is 0.105. The Morgan fingerprint density at radius 3 is 1.75 bits per heavy atom. The van der Waals surface area contributed by atoms with Gasteiger partial charge in [-0.3, -0.25) is 9.80 Å². The standard InChI is InChI=1S/C13H31N3/c1-11(2)13(4)16(8)10-15(7)9-12(3)14(5)6/h11-13H,9-10H2,1-8H3. The summed E-state index contributed by atoms with van der Waals surface area (Å²) in [5.74, 6) is 0.713. The maximum absolute atomic E-state index is 2.42. The Bertz CT molecular complexity index is 180. The van der Waals surface area contributed by atoms with Gasteiger partial charge in [0.05, 0.1) is 6.67 Å². The number of hydrogen-bond donors (Lipinski definition) is 0. The molecule has 0 rings (SSSR count). The fraction of sp³-hybridized carbons (Fsp3) is 1.00. The highest BCUT2D eigenvalue weighted by Gasteiger charge is 2.15. The van der Waals surface area contributed by atoms with Crippen LogP contribution >= 0.6 is 0 Å². The molecule has 0 saturated carbocycles. The summed E-state index contributed by atoms with van der Waals surface area (Å²) in [7, 11) is 8.68. The Balaban J connectivity index is 3.99. The fourth-order valence-electron chi connectivity index (χ4n) is 1.69. The van der Waals surface area contributed by atoms with Gasteiger partial charge in [-0.15, -0.1) is 0 Å². The molecule has 2 unspecified atom stereocenters. The summed E-state index contributed by atoms with van der Waals surface area (Å²) in [4.78, 5) is 7.08. The number of likely N-dealkylation sites (N-methyl/N-ethyl adjacent to an activating group) is 2. The predicted molar refractivity (Wildman–Crippen MR) is 72.7 cm³/mol. The average molecular weight is 229 g/mol. The quantitative estimate of drug-likeness (QED) is 0.616. The molecule has 0 saturated heterocycles. The summed E-state index contributed by atoms with van der Waals surface area (Å²) in [6, 6.07) is 1.24. The first-order valence-electron chi connectivity index (χ1n) is 6.30. The van der Waals surface area contributed by atoms with Crippen LogP contribution in [0.4, 0.5) is 0 Å². The molecule has 0 heterocycles. The maximum atomic E-state index is 2.42. The third kappa shape index (κ3) is 5.83. The normalized spacial score (nSPS) is 16.5. The molecular formula is C13H31N3. The molecule has 0 spiro atoms. The predicted octanol–water partition coefficient (Wildman–Crippen LogP) is 1.80. The van der Waals surface area contributed by atoms with Crippen molar-refractivity contribution in [1.29, 1.82) is 0 Å². The SMILES string of the molecule is CC(C)C(C)N(C)CN(C)CC(C)N(C)C. The Labute approximate surface area is 102 Å². The monoisotopic (exact) mass is 229 g/mol. The third-order valence-corrected chi connectivity index (χ3v) is 3.58. The van der Waals surface area contributed by atoms with Crippen LogP contribution in [0.2, 0.25) is 0 Å². The van der Waals surface area contributed by atoms with E-state index in [-0.39, 0.29) is 0 Å². The zero-order valence-electron chi connectivity index (χ0n) is 12.5. The van der Waals surface area contributed by atoms with Gasteiger partial charge in [-0.05, 0) is 48.0 Å². The van der Waals surface area contributed by atoms with Crippen LogP contribution in [0.15, 0.2) is 0 Å². The number of rotatable bonds is 7. The van der Waals surface area contributed by atoms with E-state index in [0.717, 1.165) is 13.2 Å². The van der Waals surface area contributed by atoms with E-state index in [0.29, 0.717) is 18.0 Å². The van der Waals surface area contributed by atoms with Crippen molar-refractivity contribution >= 4 is 0 Å². The Hall–Kier alpha value is -0.120. The Kier molecular flexibility index (Phi) is 7.20. The first-order valence-corrected chi connectivity index (χ1v) is 6.30. The van der Waals surface area contributed by atoms with Gasteiger partial charge < -0.3 is 4.90 Å². The van der Waals surface area contributed by atoms with Crippen molar-refractivity contribution in [3.63, 3.8) is 0 Å². The van der Waals surface area contributed by atoms with E-state index >= 15 is 0 Å². The van der Waals surface area contributed by atoms with Crippen LogP contribution in [0.1, 0.15) is 27.7 Å². The molecule has 3 heteroatoms. The van der Waals surface area contributed by atoms with Crippen LogP contribution in [0.25, 0.3) is 0 Å². The smallest absolute Gasteiger partial charge is 0.0503 e. The van der Waals surface area contributed by atoms with Crippen LogP contribution in [0.3, 0.4) is 0 Å². The molecule has 16 heavy (non-hydrogen) atoms. The molecule has 2 atom stereocenters. The molecule has 0 aromatic heterocycles. The van der Waals surface area contributed by atoms with Gasteiger partial charge in [-0.1, -0.05) is 13.8 Å². The molecule has 0 radical (unpaired) electrons. The maximum Gasteiger partial charge on any atom is 0.0503 e. The highest BCUT2D eigenvalue weighted by atomic mass is 15.3. The summed E-state index contributed by atoms with van der Waals surface area (Å²) in [5.41, 5.74) is 0. The van der Waals surface area contributed by atoms with Gasteiger partial charge in [0.15, 0.2) is 0 Å². The second-order valence-electron chi connectivity index (χ2n) is 5.73. The lowest BCUT2D eigenvalue weighted by Crippen LogP contribution is -2.44. The summed E-state index contributed by atoms with van der Waals surface area (Å²) in [6.45, 7) is 11.3. The van der Waals surface area contributed by atoms with E-state index in [9.17, 15) is 0 Å². The first-order chi connectivity index (χ1) is 7.25. The second-order valence-corrected chi connectivity index (χ2v) is 5.73.